The SMILES string of the molecule is CC1(C)COP(=O)(O)O[C@H]1C(=O)NCCC(=O)OCC1CCCCC1. The number of hydrogen-bond donors (Lipinski definition) is 2. The van der Waals surface area contributed by atoms with Crippen molar-refractivity contribution in [1.29, 1.82) is 0 Å². The van der Waals surface area contributed by atoms with E-state index >= 15 is 0 Å². The molecule has 0 radical (unpaired) electrons. The topological polar surface area (TPSA) is 111 Å². The summed E-state index contributed by atoms with van der Waals surface area (Å²) in [7, 11) is -4.21. The third-order valence-electron chi connectivity index (χ3n) is 4.62. The Labute approximate surface area is 148 Å². The van der Waals surface area contributed by atoms with Crippen LogP contribution in [0.15, 0.2) is 0 Å². The molecule has 8 nitrogen and oxygen atoms in total. The summed E-state index contributed by atoms with van der Waals surface area (Å²) in [5, 5.41) is 2.56. The molecule has 1 amide bonds. The van der Waals surface area contributed by atoms with Gasteiger partial charge in [-0.2, -0.15) is 0 Å². The first-order chi connectivity index (χ1) is 11.7. The second-order valence-electron chi connectivity index (χ2n) is 7.44. The summed E-state index contributed by atoms with van der Waals surface area (Å²) in [6.07, 6.45) is 4.76. The molecule has 9 heteroatoms. The molecule has 144 valence electrons. The van der Waals surface area contributed by atoms with Crippen molar-refractivity contribution in [3.05, 3.63) is 0 Å². The van der Waals surface area contributed by atoms with Gasteiger partial charge < -0.3 is 14.9 Å². The van der Waals surface area contributed by atoms with E-state index in [0.29, 0.717) is 12.5 Å². The molecule has 2 fully saturated rings. The highest BCUT2D eigenvalue weighted by Crippen LogP contribution is 2.52. The second-order valence-corrected chi connectivity index (χ2v) is 8.85. The molecule has 2 rings (SSSR count). The zero-order chi connectivity index (χ0) is 18.5. The predicted octanol–water partition coefficient (Wildman–Crippen LogP) is 2.16. The number of esters is 1. The van der Waals surface area contributed by atoms with E-state index in [4.69, 9.17) is 13.8 Å². The molecule has 1 unspecified atom stereocenters. The molecule has 0 aromatic carbocycles. The Hall–Kier alpha value is -0.950. The quantitative estimate of drug-likeness (QED) is 0.539. The van der Waals surface area contributed by atoms with Crippen molar-refractivity contribution in [1.82, 2.24) is 5.32 Å². The van der Waals surface area contributed by atoms with E-state index in [1.165, 1.54) is 19.3 Å². The Morgan fingerprint density at radius 1 is 1.28 bits per heavy atom. The summed E-state index contributed by atoms with van der Waals surface area (Å²) in [6, 6.07) is 0. The largest absolute Gasteiger partial charge is 0.472 e. The number of rotatable bonds is 6. The minimum atomic E-state index is -4.21. The average molecular weight is 377 g/mol. The Kier molecular flexibility index (Phi) is 7.02. The van der Waals surface area contributed by atoms with Gasteiger partial charge in [-0.1, -0.05) is 33.1 Å². The van der Waals surface area contributed by atoms with Crippen LogP contribution in [0, 0.1) is 11.3 Å². The van der Waals surface area contributed by atoms with Gasteiger partial charge in [0.1, 0.15) is 0 Å². The van der Waals surface area contributed by atoms with Crippen molar-refractivity contribution in [2.75, 3.05) is 19.8 Å². The lowest BCUT2D eigenvalue weighted by Crippen LogP contribution is -2.49. The van der Waals surface area contributed by atoms with Crippen LogP contribution in [0.3, 0.4) is 0 Å². The van der Waals surface area contributed by atoms with Crippen LogP contribution in [-0.2, 0) is 27.9 Å². The number of amides is 1. The van der Waals surface area contributed by atoms with E-state index in [0.717, 1.165) is 12.8 Å². The van der Waals surface area contributed by atoms with E-state index in [-0.39, 0.29) is 25.5 Å². The molecule has 0 aromatic rings. The number of phosphoric ester groups is 1. The fourth-order valence-corrected chi connectivity index (χ4v) is 4.25. The van der Waals surface area contributed by atoms with Crippen molar-refractivity contribution in [2.45, 2.75) is 58.5 Å². The van der Waals surface area contributed by atoms with Gasteiger partial charge in [0.05, 0.1) is 19.6 Å². The first-order valence-corrected chi connectivity index (χ1v) is 10.3. The summed E-state index contributed by atoms with van der Waals surface area (Å²) in [5.41, 5.74) is -0.748. The third-order valence-corrected chi connectivity index (χ3v) is 5.55. The van der Waals surface area contributed by atoms with Gasteiger partial charge in [0.15, 0.2) is 6.10 Å². The maximum absolute atomic E-state index is 12.2. The molecule has 1 heterocycles. The minimum absolute atomic E-state index is 0.0545. The van der Waals surface area contributed by atoms with Gasteiger partial charge in [-0.15, -0.1) is 0 Å². The highest BCUT2D eigenvalue weighted by atomic mass is 31.2. The summed E-state index contributed by atoms with van der Waals surface area (Å²) in [6.45, 7) is 3.87. The van der Waals surface area contributed by atoms with E-state index < -0.39 is 25.2 Å². The molecular weight excluding hydrogens is 349 g/mol. The van der Waals surface area contributed by atoms with E-state index in [1.807, 2.05) is 0 Å². The highest BCUT2D eigenvalue weighted by molar-refractivity contribution is 7.47. The lowest BCUT2D eigenvalue weighted by atomic mass is 9.87. The number of hydrogen-bond acceptors (Lipinski definition) is 6. The Bertz CT molecular complexity index is 531. The summed E-state index contributed by atoms with van der Waals surface area (Å²) >= 11 is 0. The molecule has 2 N–H and O–H groups in total. The van der Waals surface area contributed by atoms with Gasteiger partial charge in [-0.25, -0.2) is 4.57 Å². The molecule has 0 spiro atoms. The van der Waals surface area contributed by atoms with Crippen LogP contribution in [0.4, 0.5) is 0 Å². The smallest absolute Gasteiger partial charge is 0.465 e. The van der Waals surface area contributed by atoms with Crippen LogP contribution in [0.2, 0.25) is 0 Å². The lowest BCUT2D eigenvalue weighted by molar-refractivity contribution is -0.145. The van der Waals surface area contributed by atoms with E-state index in [9.17, 15) is 19.0 Å². The van der Waals surface area contributed by atoms with Crippen LogP contribution in [-0.4, -0.2) is 42.6 Å². The second kappa shape index (κ2) is 8.62. The standard InChI is InChI=1S/C16H28NO7P/c1-16(2)11-23-25(20,21)24-14(16)15(19)17-9-8-13(18)22-10-12-6-4-3-5-7-12/h12,14H,3-11H2,1-2H3,(H,17,19)(H,20,21)/t14-/m0/s1. The van der Waals surface area contributed by atoms with Crippen molar-refractivity contribution >= 4 is 19.7 Å². The maximum Gasteiger partial charge on any atom is 0.472 e. The van der Waals surface area contributed by atoms with Crippen LogP contribution in [0.25, 0.3) is 0 Å². The number of nitrogens with one attached hydrogen (secondary N) is 1. The Balaban J connectivity index is 1.70. The number of carbonyl (C=O) groups excluding carboxylic acids is 2. The Morgan fingerprint density at radius 2 is 1.96 bits per heavy atom. The molecule has 25 heavy (non-hydrogen) atoms. The van der Waals surface area contributed by atoms with Gasteiger partial charge in [0.2, 0.25) is 5.91 Å². The van der Waals surface area contributed by atoms with Crippen molar-refractivity contribution < 1.29 is 32.8 Å². The lowest BCUT2D eigenvalue weighted by Gasteiger charge is -2.38. The minimum Gasteiger partial charge on any atom is -0.465 e. The zero-order valence-electron chi connectivity index (χ0n) is 14.9. The van der Waals surface area contributed by atoms with Crippen molar-refractivity contribution in [2.24, 2.45) is 11.3 Å². The molecule has 2 atom stereocenters. The molecule has 1 saturated carbocycles. The third kappa shape index (κ3) is 6.37. The molecule has 1 aliphatic carbocycles. The maximum atomic E-state index is 12.2. The van der Waals surface area contributed by atoms with Gasteiger partial charge in [0, 0.05) is 12.0 Å². The van der Waals surface area contributed by atoms with Crippen LogP contribution in [0.1, 0.15) is 52.4 Å². The summed E-state index contributed by atoms with van der Waals surface area (Å²) < 4.78 is 26.4. The molecule has 1 saturated heterocycles. The summed E-state index contributed by atoms with van der Waals surface area (Å²) in [5.74, 6) is -0.448. The monoisotopic (exact) mass is 377 g/mol. The molecule has 2 aliphatic rings. The predicted molar refractivity (Wildman–Crippen MR) is 89.6 cm³/mol. The number of phosphoric acid groups is 1. The first kappa shape index (κ1) is 20.4. The van der Waals surface area contributed by atoms with Crippen molar-refractivity contribution in [3.63, 3.8) is 0 Å². The highest BCUT2D eigenvalue weighted by Gasteiger charge is 2.47. The van der Waals surface area contributed by atoms with Crippen molar-refractivity contribution in [3.8, 4) is 0 Å². The fraction of sp³-hybridized carbons (Fsp3) is 0.875. The molecule has 1 aliphatic heterocycles. The average Bonchev–Trinajstić information content (AvgIpc) is 2.56. The van der Waals surface area contributed by atoms with Gasteiger partial charge in [0.25, 0.3) is 0 Å². The fourth-order valence-electron chi connectivity index (χ4n) is 3.05. The molecule has 0 bridgehead atoms. The number of ether oxygens (including phenoxy) is 1. The van der Waals surface area contributed by atoms with E-state index in [2.05, 4.69) is 5.32 Å². The van der Waals surface area contributed by atoms with Crippen LogP contribution < -0.4 is 5.32 Å². The van der Waals surface area contributed by atoms with Crippen LogP contribution in [0.5, 0.6) is 0 Å². The van der Waals surface area contributed by atoms with Crippen LogP contribution >= 0.6 is 7.82 Å². The zero-order valence-corrected chi connectivity index (χ0v) is 15.8. The normalized spacial score (nSPS) is 29.8. The first-order valence-electron chi connectivity index (χ1n) is 8.79. The molecular formula is C16H28NO7P. The summed E-state index contributed by atoms with van der Waals surface area (Å²) in [4.78, 5) is 33.4. The number of carbonyl (C=O) groups is 2. The van der Waals surface area contributed by atoms with Gasteiger partial charge in [-0.05, 0) is 18.8 Å². The Morgan fingerprint density at radius 3 is 2.64 bits per heavy atom. The van der Waals surface area contributed by atoms with E-state index in [1.54, 1.807) is 13.8 Å². The van der Waals surface area contributed by atoms with Gasteiger partial charge in [-0.3, -0.25) is 18.6 Å². The molecule has 0 aromatic heterocycles. The van der Waals surface area contributed by atoms with Gasteiger partial charge >= 0.3 is 13.8 Å².